The average molecular weight is 256 g/mol. The fourth-order valence-corrected chi connectivity index (χ4v) is 2.80. The van der Waals surface area contributed by atoms with Gasteiger partial charge in [0.05, 0.1) is 16.3 Å². The van der Waals surface area contributed by atoms with Gasteiger partial charge >= 0.3 is 0 Å². The smallest absolute Gasteiger partial charge is 0.0900 e. The van der Waals surface area contributed by atoms with E-state index < -0.39 is 0 Å². The maximum atomic E-state index is 5.67. The summed E-state index contributed by atoms with van der Waals surface area (Å²) in [4.78, 5) is 5.87. The zero-order valence-corrected chi connectivity index (χ0v) is 12.6. The molecule has 1 rings (SSSR count). The Morgan fingerprint density at radius 1 is 1.41 bits per heavy atom. The van der Waals surface area contributed by atoms with Crippen LogP contribution in [0.5, 0.6) is 0 Å². The van der Waals surface area contributed by atoms with Crippen molar-refractivity contribution in [1.29, 1.82) is 0 Å². The number of nitrogens with zero attached hydrogens (tertiary/aromatic N) is 1. The lowest BCUT2D eigenvalue weighted by Crippen LogP contribution is -2.38. The van der Waals surface area contributed by atoms with Gasteiger partial charge in [-0.25, -0.2) is 4.98 Å². The van der Waals surface area contributed by atoms with Gasteiger partial charge in [0.2, 0.25) is 0 Å². The lowest BCUT2D eigenvalue weighted by molar-refractivity contribution is -0.0104. The number of aromatic nitrogens is 1. The Hall–Kier alpha value is -0.450. The first kappa shape index (κ1) is 14.6. The molecular formula is C13H24N2OS. The van der Waals surface area contributed by atoms with Crippen molar-refractivity contribution < 1.29 is 4.74 Å². The molecular weight excluding hydrogens is 232 g/mol. The minimum Gasteiger partial charge on any atom is -0.375 e. The molecule has 0 bridgehead atoms. The highest BCUT2D eigenvalue weighted by Crippen LogP contribution is 2.22. The standard InChI is InChI=1S/C13H24N2OS/c1-7-16-13(5,6)8-14-9(2)12-10(3)17-11(4)15-12/h9,14H,7-8H2,1-6H3. The Kier molecular flexibility index (Phi) is 5.10. The molecule has 0 radical (unpaired) electrons. The van der Waals surface area contributed by atoms with Gasteiger partial charge in [0, 0.05) is 24.1 Å². The second-order valence-electron chi connectivity index (χ2n) is 4.97. The second kappa shape index (κ2) is 5.94. The van der Waals surface area contributed by atoms with E-state index >= 15 is 0 Å². The van der Waals surface area contributed by atoms with Crippen LogP contribution in [0.1, 0.15) is 49.3 Å². The van der Waals surface area contributed by atoms with Crippen molar-refractivity contribution in [3.05, 3.63) is 15.6 Å². The molecule has 4 heteroatoms. The summed E-state index contributed by atoms with van der Waals surface area (Å²) in [5.74, 6) is 0. The summed E-state index contributed by atoms with van der Waals surface area (Å²) in [6.45, 7) is 14.2. The van der Waals surface area contributed by atoms with Crippen LogP contribution in [0.25, 0.3) is 0 Å². The Morgan fingerprint density at radius 2 is 2.06 bits per heavy atom. The van der Waals surface area contributed by atoms with Crippen molar-refractivity contribution in [1.82, 2.24) is 10.3 Å². The van der Waals surface area contributed by atoms with E-state index in [1.807, 2.05) is 6.92 Å². The summed E-state index contributed by atoms with van der Waals surface area (Å²) in [5, 5.41) is 4.63. The molecule has 17 heavy (non-hydrogen) atoms. The largest absolute Gasteiger partial charge is 0.375 e. The molecule has 0 amide bonds. The zero-order chi connectivity index (χ0) is 13.1. The van der Waals surface area contributed by atoms with E-state index in [0.29, 0.717) is 0 Å². The molecule has 0 saturated carbocycles. The van der Waals surface area contributed by atoms with Gasteiger partial charge < -0.3 is 10.1 Å². The van der Waals surface area contributed by atoms with Crippen LogP contribution in [0.4, 0.5) is 0 Å². The van der Waals surface area contributed by atoms with E-state index in [-0.39, 0.29) is 11.6 Å². The summed E-state index contributed by atoms with van der Waals surface area (Å²) < 4.78 is 5.67. The van der Waals surface area contributed by atoms with E-state index in [1.54, 1.807) is 11.3 Å². The number of ether oxygens (including phenoxy) is 1. The summed E-state index contributed by atoms with van der Waals surface area (Å²) in [5.41, 5.74) is 1.04. The normalized spacial score (nSPS) is 14.0. The van der Waals surface area contributed by atoms with E-state index in [9.17, 15) is 0 Å². The van der Waals surface area contributed by atoms with Crippen molar-refractivity contribution in [3.8, 4) is 0 Å². The predicted molar refractivity (Wildman–Crippen MR) is 73.7 cm³/mol. The third-order valence-corrected chi connectivity index (χ3v) is 3.62. The SMILES string of the molecule is CCOC(C)(C)CNC(C)c1nc(C)sc1C. The molecule has 0 aliphatic rings. The van der Waals surface area contributed by atoms with Gasteiger partial charge in [0.25, 0.3) is 0 Å². The first-order valence-electron chi connectivity index (χ1n) is 6.17. The highest BCUT2D eigenvalue weighted by atomic mass is 32.1. The van der Waals surface area contributed by atoms with Crippen LogP contribution in [0.3, 0.4) is 0 Å². The molecule has 0 aliphatic heterocycles. The lowest BCUT2D eigenvalue weighted by Gasteiger charge is -2.27. The minimum absolute atomic E-state index is 0.123. The van der Waals surface area contributed by atoms with Gasteiger partial charge in [-0.3, -0.25) is 0 Å². The maximum absolute atomic E-state index is 5.67. The molecule has 1 aromatic rings. The molecule has 3 nitrogen and oxygen atoms in total. The summed E-state index contributed by atoms with van der Waals surface area (Å²) in [7, 11) is 0. The van der Waals surface area contributed by atoms with E-state index in [0.717, 1.165) is 18.2 Å². The van der Waals surface area contributed by atoms with E-state index in [1.165, 1.54) is 10.6 Å². The number of aryl methyl sites for hydroxylation is 2. The highest BCUT2D eigenvalue weighted by Gasteiger charge is 2.20. The van der Waals surface area contributed by atoms with Crippen molar-refractivity contribution in [2.45, 2.75) is 53.2 Å². The van der Waals surface area contributed by atoms with Crippen LogP contribution in [0.2, 0.25) is 0 Å². The maximum Gasteiger partial charge on any atom is 0.0900 e. The van der Waals surface area contributed by atoms with Crippen LogP contribution in [-0.4, -0.2) is 23.7 Å². The monoisotopic (exact) mass is 256 g/mol. The Labute approximate surface area is 109 Å². The van der Waals surface area contributed by atoms with Crippen LogP contribution in [0, 0.1) is 13.8 Å². The van der Waals surface area contributed by atoms with Crippen molar-refractivity contribution in [3.63, 3.8) is 0 Å². The van der Waals surface area contributed by atoms with Crippen molar-refractivity contribution in [2.75, 3.05) is 13.2 Å². The molecule has 1 heterocycles. The molecule has 1 atom stereocenters. The molecule has 1 N–H and O–H groups in total. The van der Waals surface area contributed by atoms with Crippen LogP contribution in [0.15, 0.2) is 0 Å². The van der Waals surface area contributed by atoms with Crippen LogP contribution >= 0.6 is 11.3 Å². The number of hydrogen-bond acceptors (Lipinski definition) is 4. The first-order valence-corrected chi connectivity index (χ1v) is 6.98. The van der Waals surface area contributed by atoms with Crippen molar-refractivity contribution in [2.24, 2.45) is 0 Å². The molecule has 1 unspecified atom stereocenters. The fraction of sp³-hybridized carbons (Fsp3) is 0.769. The summed E-state index contributed by atoms with van der Waals surface area (Å²) >= 11 is 1.76. The number of hydrogen-bond donors (Lipinski definition) is 1. The molecule has 0 fully saturated rings. The Morgan fingerprint density at radius 3 is 2.53 bits per heavy atom. The average Bonchev–Trinajstić information content (AvgIpc) is 2.54. The molecule has 0 spiro atoms. The van der Waals surface area contributed by atoms with Crippen LogP contribution in [-0.2, 0) is 4.74 Å². The summed E-state index contributed by atoms with van der Waals surface area (Å²) in [6, 6.07) is 0.277. The lowest BCUT2D eigenvalue weighted by atomic mass is 10.1. The fourth-order valence-electron chi connectivity index (χ4n) is 1.88. The van der Waals surface area contributed by atoms with Gasteiger partial charge in [-0.2, -0.15) is 0 Å². The van der Waals surface area contributed by atoms with Gasteiger partial charge in [0.1, 0.15) is 0 Å². The number of thiazole rings is 1. The zero-order valence-electron chi connectivity index (χ0n) is 11.8. The topological polar surface area (TPSA) is 34.1 Å². The summed E-state index contributed by atoms with van der Waals surface area (Å²) in [6.07, 6.45) is 0. The molecule has 0 aliphatic carbocycles. The molecule has 0 saturated heterocycles. The predicted octanol–water partition coefficient (Wildman–Crippen LogP) is 3.23. The molecule has 0 aromatic carbocycles. The number of nitrogens with one attached hydrogen (secondary N) is 1. The molecule has 98 valence electrons. The van der Waals surface area contributed by atoms with Gasteiger partial charge in [0.15, 0.2) is 0 Å². The highest BCUT2D eigenvalue weighted by molar-refractivity contribution is 7.11. The van der Waals surface area contributed by atoms with Gasteiger partial charge in [-0.15, -0.1) is 11.3 Å². The van der Waals surface area contributed by atoms with E-state index in [2.05, 4.69) is 44.9 Å². The Bertz CT molecular complexity index is 360. The van der Waals surface area contributed by atoms with E-state index in [4.69, 9.17) is 4.74 Å². The molecule has 1 aromatic heterocycles. The van der Waals surface area contributed by atoms with Crippen molar-refractivity contribution >= 4 is 11.3 Å². The second-order valence-corrected chi connectivity index (χ2v) is 6.38. The minimum atomic E-state index is -0.123. The van der Waals surface area contributed by atoms with Gasteiger partial charge in [-0.05, 0) is 41.5 Å². The quantitative estimate of drug-likeness (QED) is 0.848. The third-order valence-electron chi connectivity index (χ3n) is 2.72. The van der Waals surface area contributed by atoms with Crippen LogP contribution < -0.4 is 5.32 Å². The Balaban J connectivity index is 2.55. The first-order chi connectivity index (χ1) is 7.85. The number of rotatable bonds is 6. The van der Waals surface area contributed by atoms with Gasteiger partial charge in [-0.1, -0.05) is 0 Å². The third kappa shape index (κ3) is 4.37.